The van der Waals surface area contributed by atoms with Gasteiger partial charge in [-0.25, -0.2) is 9.78 Å². The van der Waals surface area contributed by atoms with Crippen molar-refractivity contribution in [1.29, 1.82) is 0 Å². The Morgan fingerprint density at radius 1 is 1.53 bits per heavy atom. The predicted molar refractivity (Wildman–Crippen MR) is 69.4 cm³/mol. The van der Waals surface area contributed by atoms with Gasteiger partial charge in [-0.1, -0.05) is 0 Å². The number of hydrogen-bond donors (Lipinski definition) is 1. The van der Waals surface area contributed by atoms with E-state index >= 15 is 0 Å². The number of aliphatic hydroxyl groups is 1. The lowest BCUT2D eigenvalue weighted by Crippen LogP contribution is -2.39. The summed E-state index contributed by atoms with van der Waals surface area (Å²) in [6.07, 6.45) is 3.13. The molecule has 0 spiro atoms. The molecule has 1 aromatic rings. The molecule has 0 radical (unpaired) electrons. The van der Waals surface area contributed by atoms with Crippen LogP contribution in [0.2, 0.25) is 0 Å². The van der Waals surface area contributed by atoms with E-state index in [2.05, 4.69) is 4.98 Å². The van der Waals surface area contributed by atoms with Crippen molar-refractivity contribution in [1.82, 2.24) is 14.5 Å². The van der Waals surface area contributed by atoms with Crippen molar-refractivity contribution in [2.24, 2.45) is 5.92 Å². The Morgan fingerprint density at radius 2 is 2.26 bits per heavy atom. The molecule has 2 heterocycles. The Hall–Kier alpha value is -1.56. The van der Waals surface area contributed by atoms with Crippen LogP contribution in [0, 0.1) is 5.92 Å². The van der Waals surface area contributed by atoms with E-state index in [4.69, 9.17) is 4.74 Å². The SMILES string of the molecule is CC(C)(C)OC(=O)N1Cc2cncn2CC(CO)C1. The van der Waals surface area contributed by atoms with E-state index < -0.39 is 5.60 Å². The molecule has 0 saturated heterocycles. The van der Waals surface area contributed by atoms with Gasteiger partial charge in [-0.2, -0.15) is 0 Å². The normalized spacial score (nSPS) is 19.8. The monoisotopic (exact) mass is 267 g/mol. The van der Waals surface area contributed by atoms with Gasteiger partial charge in [0.25, 0.3) is 0 Å². The van der Waals surface area contributed by atoms with Crippen LogP contribution in [0.1, 0.15) is 26.5 Å². The Labute approximate surface area is 113 Å². The quantitative estimate of drug-likeness (QED) is 0.831. The fourth-order valence-corrected chi connectivity index (χ4v) is 2.13. The highest BCUT2D eigenvalue weighted by atomic mass is 16.6. The standard InChI is InChI=1S/C13H21N3O3/c1-13(2,3)19-12(18)15-5-10(8-17)6-16-9-14-4-11(16)7-15/h4,9-10,17H,5-8H2,1-3H3. The summed E-state index contributed by atoms with van der Waals surface area (Å²) in [5.41, 5.74) is 0.444. The minimum atomic E-state index is -0.516. The van der Waals surface area contributed by atoms with E-state index in [1.807, 2.05) is 25.3 Å². The van der Waals surface area contributed by atoms with Gasteiger partial charge in [-0.05, 0) is 20.8 Å². The summed E-state index contributed by atoms with van der Waals surface area (Å²) in [6, 6.07) is 0. The first-order valence-electron chi connectivity index (χ1n) is 6.47. The molecule has 0 saturated carbocycles. The predicted octanol–water partition coefficient (Wildman–Crippen LogP) is 1.24. The maximum absolute atomic E-state index is 12.2. The summed E-state index contributed by atoms with van der Waals surface area (Å²) < 4.78 is 7.37. The lowest BCUT2D eigenvalue weighted by molar-refractivity contribution is 0.0191. The number of carbonyl (C=O) groups excluding carboxylic acids is 1. The van der Waals surface area contributed by atoms with Gasteiger partial charge in [-0.15, -0.1) is 0 Å². The summed E-state index contributed by atoms with van der Waals surface area (Å²) in [4.78, 5) is 17.9. The number of nitrogens with zero attached hydrogens (tertiary/aromatic N) is 3. The zero-order chi connectivity index (χ0) is 14.0. The Balaban J connectivity index is 2.15. The Morgan fingerprint density at radius 3 is 2.89 bits per heavy atom. The van der Waals surface area contributed by atoms with Gasteiger partial charge < -0.3 is 19.3 Å². The van der Waals surface area contributed by atoms with Crippen LogP contribution in [0.3, 0.4) is 0 Å². The van der Waals surface area contributed by atoms with E-state index in [-0.39, 0.29) is 18.6 Å². The first-order chi connectivity index (χ1) is 8.89. The molecule has 1 aliphatic heterocycles. The highest BCUT2D eigenvalue weighted by Crippen LogP contribution is 2.18. The zero-order valence-corrected chi connectivity index (χ0v) is 11.7. The lowest BCUT2D eigenvalue weighted by Gasteiger charge is -2.27. The van der Waals surface area contributed by atoms with Crippen LogP contribution < -0.4 is 0 Å². The molecule has 6 nitrogen and oxygen atoms in total. The largest absolute Gasteiger partial charge is 0.444 e. The van der Waals surface area contributed by atoms with Crippen LogP contribution in [-0.2, 0) is 17.8 Å². The fraction of sp³-hybridized carbons (Fsp3) is 0.692. The van der Waals surface area contributed by atoms with E-state index in [1.165, 1.54) is 0 Å². The van der Waals surface area contributed by atoms with Gasteiger partial charge in [-0.3, -0.25) is 0 Å². The van der Waals surface area contributed by atoms with Crippen molar-refractivity contribution in [3.8, 4) is 0 Å². The molecule has 0 aromatic carbocycles. The molecule has 1 amide bonds. The smallest absolute Gasteiger partial charge is 0.410 e. The van der Waals surface area contributed by atoms with Crippen molar-refractivity contribution < 1.29 is 14.6 Å². The third kappa shape index (κ3) is 3.47. The van der Waals surface area contributed by atoms with Crippen molar-refractivity contribution in [2.75, 3.05) is 13.2 Å². The molecule has 1 aromatic heterocycles. The Kier molecular flexibility index (Phi) is 3.80. The van der Waals surface area contributed by atoms with Crippen LogP contribution in [0.4, 0.5) is 4.79 Å². The van der Waals surface area contributed by atoms with Crippen LogP contribution in [-0.4, -0.2) is 44.4 Å². The zero-order valence-electron chi connectivity index (χ0n) is 11.7. The number of aromatic nitrogens is 2. The third-order valence-electron chi connectivity index (χ3n) is 2.99. The number of fused-ring (bicyclic) bond motifs is 1. The van der Waals surface area contributed by atoms with Gasteiger partial charge in [0.05, 0.1) is 18.6 Å². The summed E-state index contributed by atoms with van der Waals surface area (Å²) in [5, 5.41) is 9.40. The van der Waals surface area contributed by atoms with Crippen LogP contribution in [0.5, 0.6) is 0 Å². The van der Waals surface area contributed by atoms with E-state index in [9.17, 15) is 9.90 Å². The average molecular weight is 267 g/mol. The third-order valence-corrected chi connectivity index (χ3v) is 2.99. The lowest BCUT2D eigenvalue weighted by atomic mass is 10.1. The fourth-order valence-electron chi connectivity index (χ4n) is 2.13. The molecule has 19 heavy (non-hydrogen) atoms. The van der Waals surface area contributed by atoms with Crippen LogP contribution in [0.25, 0.3) is 0 Å². The molecule has 2 rings (SSSR count). The number of hydrogen-bond acceptors (Lipinski definition) is 4. The molecule has 0 fully saturated rings. The number of amides is 1. The van der Waals surface area contributed by atoms with Crippen LogP contribution in [0.15, 0.2) is 12.5 Å². The van der Waals surface area contributed by atoms with E-state index in [0.29, 0.717) is 19.6 Å². The molecule has 1 unspecified atom stereocenters. The van der Waals surface area contributed by atoms with Crippen molar-refractivity contribution >= 4 is 6.09 Å². The molecule has 1 aliphatic rings. The number of ether oxygens (including phenoxy) is 1. The first-order valence-corrected chi connectivity index (χ1v) is 6.47. The van der Waals surface area contributed by atoms with Gasteiger partial charge >= 0.3 is 6.09 Å². The number of carbonyl (C=O) groups is 1. The number of imidazole rings is 1. The summed E-state index contributed by atoms with van der Waals surface area (Å²) in [7, 11) is 0. The highest BCUT2D eigenvalue weighted by Gasteiger charge is 2.28. The van der Waals surface area contributed by atoms with Crippen molar-refractivity contribution in [2.45, 2.75) is 39.5 Å². The summed E-state index contributed by atoms with van der Waals surface area (Å²) in [6.45, 7) is 7.20. The highest BCUT2D eigenvalue weighted by molar-refractivity contribution is 5.68. The Bertz CT molecular complexity index is 450. The second-order valence-corrected chi connectivity index (χ2v) is 5.95. The topological polar surface area (TPSA) is 67.6 Å². The first kappa shape index (κ1) is 13.9. The molecule has 106 valence electrons. The second-order valence-electron chi connectivity index (χ2n) is 5.95. The number of rotatable bonds is 1. The van der Waals surface area contributed by atoms with Gasteiger partial charge in [0.2, 0.25) is 0 Å². The maximum atomic E-state index is 12.2. The van der Waals surface area contributed by atoms with Crippen LogP contribution >= 0.6 is 0 Å². The molecular formula is C13H21N3O3. The molecule has 1 N–H and O–H groups in total. The second kappa shape index (κ2) is 5.21. The average Bonchev–Trinajstić information content (AvgIpc) is 2.64. The van der Waals surface area contributed by atoms with E-state index in [1.54, 1.807) is 17.4 Å². The van der Waals surface area contributed by atoms with E-state index in [0.717, 1.165) is 5.69 Å². The minimum Gasteiger partial charge on any atom is -0.444 e. The van der Waals surface area contributed by atoms with Gasteiger partial charge in [0.1, 0.15) is 5.60 Å². The van der Waals surface area contributed by atoms with Gasteiger partial charge in [0, 0.05) is 31.8 Å². The maximum Gasteiger partial charge on any atom is 0.410 e. The summed E-state index contributed by atoms with van der Waals surface area (Å²) >= 11 is 0. The van der Waals surface area contributed by atoms with Crippen molar-refractivity contribution in [3.63, 3.8) is 0 Å². The van der Waals surface area contributed by atoms with Gasteiger partial charge in [0.15, 0.2) is 0 Å². The molecule has 0 aliphatic carbocycles. The molecular weight excluding hydrogens is 246 g/mol. The minimum absolute atomic E-state index is 0.00275. The molecule has 0 bridgehead atoms. The molecule has 6 heteroatoms. The van der Waals surface area contributed by atoms with Crippen molar-refractivity contribution in [3.05, 3.63) is 18.2 Å². The number of aliphatic hydroxyl groups excluding tert-OH is 1. The summed E-state index contributed by atoms with van der Waals surface area (Å²) in [5.74, 6) is 0.00275. The molecule has 1 atom stereocenters.